The van der Waals surface area contributed by atoms with E-state index < -0.39 is 0 Å². The van der Waals surface area contributed by atoms with Gasteiger partial charge in [0.15, 0.2) is 0 Å². The molecule has 3 unspecified atom stereocenters. The van der Waals surface area contributed by atoms with Gasteiger partial charge >= 0.3 is 0 Å². The highest BCUT2D eigenvalue weighted by atomic mass is 16.5. The van der Waals surface area contributed by atoms with E-state index in [4.69, 9.17) is 4.74 Å². The summed E-state index contributed by atoms with van der Waals surface area (Å²) in [4.78, 5) is 2.55. The highest BCUT2D eigenvalue weighted by molar-refractivity contribution is 5.15. The molecular formula is C14H23N3O. The standard InChI is InChI=1S/C14H23N3O/c1-11-9-18-7-6-17(11)13-4-5-14(8-13,10-15)16-12-2-3-12/h11-13,16H,2-9H2,1H3. The predicted molar refractivity (Wildman–Crippen MR) is 69.1 cm³/mol. The number of nitrogens with zero attached hydrogens (tertiary/aromatic N) is 2. The monoisotopic (exact) mass is 249 g/mol. The molecule has 3 atom stereocenters. The first-order valence-electron chi connectivity index (χ1n) is 7.25. The normalized spacial score (nSPS) is 41.8. The van der Waals surface area contributed by atoms with Crippen LogP contribution in [-0.4, -0.2) is 48.3 Å². The fraction of sp³-hybridized carbons (Fsp3) is 0.929. The molecule has 0 aromatic carbocycles. The molecule has 0 radical (unpaired) electrons. The van der Waals surface area contributed by atoms with E-state index in [0.717, 1.165) is 39.0 Å². The predicted octanol–water partition coefficient (Wildman–Crippen LogP) is 1.27. The van der Waals surface area contributed by atoms with Crippen LogP contribution < -0.4 is 5.32 Å². The summed E-state index contributed by atoms with van der Waals surface area (Å²) in [5.74, 6) is 0. The van der Waals surface area contributed by atoms with Crippen molar-refractivity contribution in [1.29, 1.82) is 5.26 Å². The summed E-state index contributed by atoms with van der Waals surface area (Å²) in [7, 11) is 0. The molecule has 3 fully saturated rings. The smallest absolute Gasteiger partial charge is 0.108 e. The molecule has 4 nitrogen and oxygen atoms in total. The van der Waals surface area contributed by atoms with Crippen molar-refractivity contribution in [3.05, 3.63) is 0 Å². The second kappa shape index (κ2) is 4.80. The minimum absolute atomic E-state index is 0.246. The van der Waals surface area contributed by atoms with Crippen LogP contribution in [0.3, 0.4) is 0 Å². The van der Waals surface area contributed by atoms with Crippen molar-refractivity contribution in [1.82, 2.24) is 10.2 Å². The molecule has 1 aliphatic heterocycles. The van der Waals surface area contributed by atoms with Crippen molar-refractivity contribution in [3.8, 4) is 6.07 Å². The Morgan fingerprint density at radius 1 is 1.39 bits per heavy atom. The summed E-state index contributed by atoms with van der Waals surface area (Å²) in [6, 6.07) is 4.24. The molecule has 2 aliphatic carbocycles. The van der Waals surface area contributed by atoms with Crippen molar-refractivity contribution < 1.29 is 4.74 Å². The Labute approximate surface area is 109 Å². The van der Waals surface area contributed by atoms with E-state index in [1.54, 1.807) is 0 Å². The number of nitriles is 1. The molecule has 0 bridgehead atoms. The first-order chi connectivity index (χ1) is 8.72. The Morgan fingerprint density at radius 2 is 2.22 bits per heavy atom. The van der Waals surface area contributed by atoms with Gasteiger partial charge in [0.1, 0.15) is 5.54 Å². The first kappa shape index (κ1) is 12.4. The molecule has 100 valence electrons. The number of morpholine rings is 1. The van der Waals surface area contributed by atoms with Crippen molar-refractivity contribution in [2.24, 2.45) is 0 Å². The Kier molecular flexibility index (Phi) is 3.31. The molecule has 3 rings (SSSR count). The van der Waals surface area contributed by atoms with Crippen LogP contribution in [-0.2, 0) is 4.74 Å². The molecule has 3 aliphatic rings. The average molecular weight is 249 g/mol. The van der Waals surface area contributed by atoms with Crippen molar-refractivity contribution in [3.63, 3.8) is 0 Å². The van der Waals surface area contributed by atoms with Gasteiger partial charge in [-0.15, -0.1) is 0 Å². The minimum atomic E-state index is -0.246. The van der Waals surface area contributed by atoms with Gasteiger partial charge in [0.2, 0.25) is 0 Å². The van der Waals surface area contributed by atoms with Crippen LogP contribution in [0.15, 0.2) is 0 Å². The number of nitrogens with one attached hydrogen (secondary N) is 1. The zero-order chi connectivity index (χ0) is 12.6. The maximum atomic E-state index is 9.52. The maximum absolute atomic E-state index is 9.52. The Bertz CT molecular complexity index is 349. The van der Waals surface area contributed by atoms with Crippen LogP contribution in [0.4, 0.5) is 0 Å². The van der Waals surface area contributed by atoms with Crippen LogP contribution in [0.25, 0.3) is 0 Å². The van der Waals surface area contributed by atoms with Gasteiger partial charge in [-0.05, 0) is 39.0 Å². The molecular weight excluding hydrogens is 226 g/mol. The Balaban J connectivity index is 1.64. The van der Waals surface area contributed by atoms with Crippen LogP contribution in [0, 0.1) is 11.3 Å². The Hall–Kier alpha value is -0.630. The third kappa shape index (κ3) is 2.40. The van der Waals surface area contributed by atoms with Crippen molar-refractivity contribution >= 4 is 0 Å². The molecule has 1 heterocycles. The first-order valence-corrected chi connectivity index (χ1v) is 7.25. The molecule has 0 spiro atoms. The van der Waals surface area contributed by atoms with Gasteiger partial charge in [0, 0.05) is 24.7 Å². The minimum Gasteiger partial charge on any atom is -0.379 e. The van der Waals surface area contributed by atoms with E-state index in [-0.39, 0.29) is 5.54 Å². The van der Waals surface area contributed by atoms with E-state index in [0.29, 0.717) is 18.1 Å². The van der Waals surface area contributed by atoms with Gasteiger partial charge < -0.3 is 4.74 Å². The summed E-state index contributed by atoms with van der Waals surface area (Å²) >= 11 is 0. The zero-order valence-electron chi connectivity index (χ0n) is 11.2. The number of hydrogen-bond donors (Lipinski definition) is 1. The number of rotatable bonds is 3. The van der Waals surface area contributed by atoms with Crippen molar-refractivity contribution in [2.45, 2.75) is 62.7 Å². The van der Waals surface area contributed by atoms with Gasteiger partial charge in [-0.3, -0.25) is 10.2 Å². The number of hydrogen-bond acceptors (Lipinski definition) is 4. The van der Waals surface area contributed by atoms with Gasteiger partial charge in [-0.1, -0.05) is 0 Å². The largest absolute Gasteiger partial charge is 0.379 e. The van der Waals surface area contributed by atoms with Crippen LogP contribution in [0.5, 0.6) is 0 Å². The van der Waals surface area contributed by atoms with Gasteiger partial charge in [-0.2, -0.15) is 5.26 Å². The maximum Gasteiger partial charge on any atom is 0.108 e. The summed E-state index contributed by atoms with van der Waals surface area (Å²) in [6.07, 6.45) is 5.65. The highest BCUT2D eigenvalue weighted by Gasteiger charge is 2.45. The average Bonchev–Trinajstić information content (AvgIpc) is 3.08. The van der Waals surface area contributed by atoms with Crippen LogP contribution in [0.2, 0.25) is 0 Å². The summed E-state index contributed by atoms with van der Waals surface area (Å²) in [5.41, 5.74) is -0.246. The SMILES string of the molecule is CC1COCCN1C1CCC(C#N)(NC2CC2)C1. The molecule has 0 aromatic rings. The molecule has 1 saturated heterocycles. The molecule has 1 N–H and O–H groups in total. The quantitative estimate of drug-likeness (QED) is 0.818. The third-order valence-corrected chi connectivity index (χ3v) is 4.65. The second-order valence-corrected chi connectivity index (χ2v) is 6.17. The molecule has 0 amide bonds. The van der Waals surface area contributed by atoms with Gasteiger partial charge in [0.05, 0.1) is 19.3 Å². The van der Waals surface area contributed by atoms with E-state index in [9.17, 15) is 5.26 Å². The molecule has 2 saturated carbocycles. The van der Waals surface area contributed by atoms with E-state index in [1.807, 2.05) is 0 Å². The van der Waals surface area contributed by atoms with E-state index in [2.05, 4.69) is 23.2 Å². The Morgan fingerprint density at radius 3 is 2.89 bits per heavy atom. The number of ether oxygens (including phenoxy) is 1. The topological polar surface area (TPSA) is 48.3 Å². The third-order valence-electron chi connectivity index (χ3n) is 4.65. The zero-order valence-corrected chi connectivity index (χ0v) is 11.2. The van der Waals surface area contributed by atoms with E-state index in [1.165, 1.54) is 12.8 Å². The highest BCUT2D eigenvalue weighted by Crippen LogP contribution is 2.36. The summed E-state index contributed by atoms with van der Waals surface area (Å²) in [5, 5.41) is 13.1. The van der Waals surface area contributed by atoms with Gasteiger partial charge in [-0.25, -0.2) is 0 Å². The van der Waals surface area contributed by atoms with E-state index >= 15 is 0 Å². The fourth-order valence-electron chi connectivity index (χ4n) is 3.47. The molecule has 18 heavy (non-hydrogen) atoms. The second-order valence-electron chi connectivity index (χ2n) is 6.17. The lowest BCUT2D eigenvalue weighted by Crippen LogP contribution is -2.50. The lowest BCUT2D eigenvalue weighted by atomic mass is 9.98. The summed E-state index contributed by atoms with van der Waals surface area (Å²) < 4.78 is 5.50. The lowest BCUT2D eigenvalue weighted by molar-refractivity contribution is -0.0215. The van der Waals surface area contributed by atoms with Crippen molar-refractivity contribution in [2.75, 3.05) is 19.8 Å². The fourth-order valence-corrected chi connectivity index (χ4v) is 3.47. The van der Waals surface area contributed by atoms with Gasteiger partial charge in [0.25, 0.3) is 0 Å². The molecule has 4 heteroatoms. The summed E-state index contributed by atoms with van der Waals surface area (Å²) in [6.45, 7) is 4.94. The van der Waals surface area contributed by atoms with Crippen LogP contribution >= 0.6 is 0 Å². The molecule has 0 aromatic heterocycles. The lowest BCUT2D eigenvalue weighted by Gasteiger charge is -2.38. The van der Waals surface area contributed by atoms with Crippen LogP contribution in [0.1, 0.15) is 39.0 Å².